The number of aromatic nitrogens is 3. The lowest BCUT2D eigenvalue weighted by Gasteiger charge is -2.23. The summed E-state index contributed by atoms with van der Waals surface area (Å²) in [5, 5.41) is 6.87. The van der Waals surface area contributed by atoms with Crippen LogP contribution in [0.3, 0.4) is 0 Å². The minimum Gasteiger partial charge on any atom is -0.350 e. The van der Waals surface area contributed by atoms with E-state index in [2.05, 4.69) is 15.6 Å². The van der Waals surface area contributed by atoms with Gasteiger partial charge in [0.1, 0.15) is 11.9 Å². The Bertz CT molecular complexity index is 1140. The zero-order valence-corrected chi connectivity index (χ0v) is 19.6. The summed E-state index contributed by atoms with van der Waals surface area (Å²) in [5.41, 5.74) is 1.35. The molecule has 1 fully saturated rings. The van der Waals surface area contributed by atoms with Crippen molar-refractivity contribution in [2.45, 2.75) is 51.7 Å². The highest BCUT2D eigenvalue weighted by molar-refractivity contribution is 7.21. The van der Waals surface area contributed by atoms with Crippen molar-refractivity contribution in [2.24, 2.45) is 0 Å². The third-order valence-electron chi connectivity index (χ3n) is 5.75. The Hall–Kier alpha value is -2.78. The van der Waals surface area contributed by atoms with E-state index in [1.165, 1.54) is 11.3 Å². The molecule has 4 rings (SSSR count). The molecule has 1 saturated heterocycles. The molecule has 9 heteroatoms. The van der Waals surface area contributed by atoms with E-state index >= 15 is 0 Å². The van der Waals surface area contributed by atoms with Gasteiger partial charge in [0.2, 0.25) is 5.91 Å². The molecule has 8 nitrogen and oxygen atoms in total. The zero-order valence-electron chi connectivity index (χ0n) is 18.8. The summed E-state index contributed by atoms with van der Waals surface area (Å²) in [5.74, 6) is 0.758. The molecule has 1 aliphatic heterocycles. The van der Waals surface area contributed by atoms with Crippen LogP contribution in [0.15, 0.2) is 35.1 Å². The average molecular weight is 455 g/mol. The number of nitrogens with zero attached hydrogens (tertiary/aromatic N) is 4. The van der Waals surface area contributed by atoms with Crippen molar-refractivity contribution in [3.63, 3.8) is 0 Å². The van der Waals surface area contributed by atoms with Gasteiger partial charge in [-0.15, -0.1) is 0 Å². The fraction of sp³-hybridized carbons (Fsp3) is 0.478. The summed E-state index contributed by atoms with van der Waals surface area (Å²) >= 11 is 1.40. The van der Waals surface area contributed by atoms with Crippen LogP contribution in [0, 0.1) is 0 Å². The van der Waals surface area contributed by atoms with Crippen LogP contribution in [0.2, 0.25) is 0 Å². The van der Waals surface area contributed by atoms with Crippen molar-refractivity contribution in [3.8, 4) is 0 Å². The SMILES string of the molecule is CNCCc1nc2sc(N3CCC[C@@H]3C(=O)NCc3ccccc3)nc2c(=O)n1C(C)C. The molecule has 3 heterocycles. The molecular formula is C23H30N6O2S. The summed E-state index contributed by atoms with van der Waals surface area (Å²) in [4.78, 5) is 38.3. The first-order valence-corrected chi connectivity index (χ1v) is 12.0. The summed E-state index contributed by atoms with van der Waals surface area (Å²) in [6.45, 7) is 5.96. The third-order valence-corrected chi connectivity index (χ3v) is 6.74. The van der Waals surface area contributed by atoms with Crippen LogP contribution < -0.4 is 21.1 Å². The Balaban J connectivity index is 1.60. The lowest BCUT2D eigenvalue weighted by molar-refractivity contribution is -0.122. The molecule has 32 heavy (non-hydrogen) atoms. The lowest BCUT2D eigenvalue weighted by Crippen LogP contribution is -2.43. The van der Waals surface area contributed by atoms with Crippen molar-refractivity contribution in [1.29, 1.82) is 0 Å². The molecule has 0 bridgehead atoms. The highest BCUT2D eigenvalue weighted by Gasteiger charge is 2.33. The van der Waals surface area contributed by atoms with Gasteiger partial charge < -0.3 is 15.5 Å². The van der Waals surface area contributed by atoms with E-state index in [1.54, 1.807) is 4.57 Å². The van der Waals surface area contributed by atoms with Crippen molar-refractivity contribution in [2.75, 3.05) is 25.0 Å². The van der Waals surface area contributed by atoms with E-state index in [9.17, 15) is 9.59 Å². The van der Waals surface area contributed by atoms with Gasteiger partial charge in [-0.1, -0.05) is 41.7 Å². The first-order valence-electron chi connectivity index (χ1n) is 11.1. The number of nitrogens with one attached hydrogen (secondary N) is 2. The molecule has 2 aromatic heterocycles. The minimum absolute atomic E-state index is 0.000273. The van der Waals surface area contributed by atoms with E-state index in [-0.39, 0.29) is 23.6 Å². The van der Waals surface area contributed by atoms with Crippen LogP contribution in [0.25, 0.3) is 10.3 Å². The van der Waals surface area contributed by atoms with E-state index < -0.39 is 0 Å². The predicted molar refractivity (Wildman–Crippen MR) is 128 cm³/mol. The standard InChI is InChI=1S/C23H30N6O2S/c1-15(2)29-18(11-12-24-3)26-21-19(22(29)31)27-23(32-21)28-13-7-10-17(28)20(30)25-14-16-8-5-4-6-9-16/h4-6,8-9,15,17,24H,7,10-14H2,1-3H3,(H,25,30)/t17-/m1/s1. The highest BCUT2D eigenvalue weighted by Crippen LogP contribution is 2.32. The number of carbonyl (C=O) groups excluding carboxylic acids is 1. The maximum Gasteiger partial charge on any atom is 0.281 e. The monoisotopic (exact) mass is 454 g/mol. The lowest BCUT2D eigenvalue weighted by atomic mass is 10.2. The molecule has 0 aliphatic carbocycles. The summed E-state index contributed by atoms with van der Waals surface area (Å²) < 4.78 is 1.73. The van der Waals surface area contributed by atoms with Gasteiger partial charge in [0.05, 0.1) is 0 Å². The largest absolute Gasteiger partial charge is 0.350 e. The van der Waals surface area contributed by atoms with E-state index in [0.717, 1.165) is 37.3 Å². The first-order chi connectivity index (χ1) is 15.5. The fourth-order valence-corrected chi connectivity index (χ4v) is 5.18. The minimum atomic E-state index is -0.282. The predicted octanol–water partition coefficient (Wildman–Crippen LogP) is 2.48. The van der Waals surface area contributed by atoms with Crippen LogP contribution >= 0.6 is 11.3 Å². The van der Waals surface area contributed by atoms with Gasteiger partial charge in [-0.3, -0.25) is 14.2 Å². The maximum absolute atomic E-state index is 13.2. The summed E-state index contributed by atoms with van der Waals surface area (Å²) in [6, 6.07) is 9.60. The highest BCUT2D eigenvalue weighted by atomic mass is 32.1. The number of anilines is 1. The summed E-state index contributed by atoms with van der Waals surface area (Å²) in [6.07, 6.45) is 2.35. The molecule has 0 spiro atoms. The second kappa shape index (κ2) is 9.79. The third kappa shape index (κ3) is 4.54. The Morgan fingerprint density at radius 3 is 2.75 bits per heavy atom. The van der Waals surface area contributed by atoms with Crippen molar-refractivity contribution >= 4 is 32.7 Å². The number of amides is 1. The van der Waals surface area contributed by atoms with E-state index in [4.69, 9.17) is 4.98 Å². The molecule has 1 amide bonds. The van der Waals surface area contributed by atoms with Crippen LogP contribution in [0.5, 0.6) is 0 Å². The van der Waals surface area contributed by atoms with Gasteiger partial charge in [-0.05, 0) is 39.3 Å². The number of hydrogen-bond acceptors (Lipinski definition) is 7. The Labute approximate surface area is 191 Å². The van der Waals surface area contributed by atoms with Crippen molar-refractivity contribution in [1.82, 2.24) is 25.2 Å². The van der Waals surface area contributed by atoms with Crippen LogP contribution in [-0.4, -0.2) is 46.6 Å². The van der Waals surface area contributed by atoms with Crippen molar-refractivity contribution in [3.05, 3.63) is 52.1 Å². The second-order valence-corrected chi connectivity index (χ2v) is 9.31. The van der Waals surface area contributed by atoms with Crippen LogP contribution in [0.1, 0.15) is 44.1 Å². The number of carbonyl (C=O) groups is 1. The number of fused-ring (bicyclic) bond motifs is 1. The first kappa shape index (κ1) is 22.4. The van der Waals surface area contributed by atoms with Gasteiger partial charge in [-0.2, -0.15) is 0 Å². The molecule has 0 unspecified atom stereocenters. The van der Waals surface area contributed by atoms with E-state index in [1.807, 2.05) is 56.1 Å². The molecule has 2 N–H and O–H groups in total. The van der Waals surface area contributed by atoms with Gasteiger partial charge in [0.25, 0.3) is 5.56 Å². The molecule has 0 radical (unpaired) electrons. The maximum atomic E-state index is 13.2. The number of likely N-dealkylation sites (N-methyl/N-ethyl adjacent to an activating group) is 1. The molecular weight excluding hydrogens is 424 g/mol. The molecule has 1 aliphatic rings. The van der Waals surface area contributed by atoms with Gasteiger partial charge >= 0.3 is 0 Å². The second-order valence-electron chi connectivity index (χ2n) is 8.36. The number of rotatable bonds is 8. The molecule has 3 aromatic rings. The van der Waals surface area contributed by atoms with Gasteiger partial charge in [-0.25, -0.2) is 9.97 Å². The number of thiazole rings is 1. The fourth-order valence-electron chi connectivity index (χ4n) is 4.16. The number of hydrogen-bond donors (Lipinski definition) is 2. The molecule has 1 atom stereocenters. The normalized spacial score (nSPS) is 16.2. The zero-order chi connectivity index (χ0) is 22.7. The van der Waals surface area contributed by atoms with Gasteiger partial charge in [0.15, 0.2) is 15.5 Å². The molecule has 1 aromatic carbocycles. The molecule has 0 saturated carbocycles. The Kier molecular flexibility index (Phi) is 6.86. The Morgan fingerprint density at radius 1 is 1.25 bits per heavy atom. The van der Waals surface area contributed by atoms with Gasteiger partial charge in [0, 0.05) is 32.1 Å². The van der Waals surface area contributed by atoms with E-state index in [0.29, 0.717) is 28.4 Å². The topological polar surface area (TPSA) is 92.2 Å². The quantitative estimate of drug-likeness (QED) is 0.543. The number of benzene rings is 1. The van der Waals surface area contributed by atoms with Crippen LogP contribution in [-0.2, 0) is 17.8 Å². The molecule has 170 valence electrons. The van der Waals surface area contributed by atoms with Crippen LogP contribution in [0.4, 0.5) is 5.13 Å². The van der Waals surface area contributed by atoms with Crippen molar-refractivity contribution < 1.29 is 4.79 Å². The Morgan fingerprint density at radius 2 is 2.03 bits per heavy atom. The summed E-state index contributed by atoms with van der Waals surface area (Å²) in [7, 11) is 1.89. The smallest absolute Gasteiger partial charge is 0.281 e. The average Bonchev–Trinajstić information content (AvgIpc) is 3.43.